The number of nitro groups is 1. The molecule has 2 aromatic carbocycles. The first-order valence-corrected chi connectivity index (χ1v) is 12.3. The third-order valence-electron chi connectivity index (χ3n) is 5.57. The largest absolute Gasteiger partial charge is 0.378 e. The molecule has 1 aliphatic carbocycles. The quantitative estimate of drug-likeness (QED) is 0.361. The van der Waals surface area contributed by atoms with Gasteiger partial charge >= 0.3 is 0 Å². The Bertz CT molecular complexity index is 1050. The van der Waals surface area contributed by atoms with Crippen LogP contribution in [0.4, 0.5) is 11.4 Å². The molecule has 1 amide bonds. The molecule has 0 aromatic heterocycles. The molecular weight excluding hydrogens is 418 g/mol. The van der Waals surface area contributed by atoms with E-state index in [1.807, 2.05) is 24.3 Å². The summed E-state index contributed by atoms with van der Waals surface area (Å²) in [4.78, 5) is 22.9. The first-order chi connectivity index (χ1) is 14.8. The fraction of sp³-hybridized carbons (Fsp3) is 0.409. The van der Waals surface area contributed by atoms with Crippen molar-refractivity contribution >= 4 is 27.1 Å². The summed E-state index contributed by atoms with van der Waals surface area (Å²) in [6.07, 6.45) is 7.22. The fourth-order valence-electron chi connectivity index (χ4n) is 3.86. The molecule has 0 bridgehead atoms. The number of sulfone groups is 1. The van der Waals surface area contributed by atoms with Crippen molar-refractivity contribution in [3.63, 3.8) is 0 Å². The molecule has 0 spiro atoms. The Morgan fingerprint density at radius 1 is 1.06 bits per heavy atom. The van der Waals surface area contributed by atoms with Crippen molar-refractivity contribution in [2.24, 2.45) is 0 Å². The number of nitro benzene ring substituents is 1. The van der Waals surface area contributed by atoms with Crippen LogP contribution in [-0.2, 0) is 9.84 Å². The van der Waals surface area contributed by atoms with Crippen LogP contribution < -0.4 is 10.6 Å². The zero-order valence-electron chi connectivity index (χ0n) is 17.5. The molecule has 0 unspecified atom stereocenters. The summed E-state index contributed by atoms with van der Waals surface area (Å²) in [5.41, 5.74) is 1.72. The second-order valence-electron chi connectivity index (χ2n) is 7.85. The summed E-state index contributed by atoms with van der Waals surface area (Å²) in [5, 5.41) is 16.9. The number of nitrogens with zero attached hydrogens (tertiary/aromatic N) is 1. The Morgan fingerprint density at radius 3 is 2.35 bits per heavy atom. The van der Waals surface area contributed by atoms with Crippen LogP contribution in [0.2, 0.25) is 0 Å². The molecule has 0 radical (unpaired) electrons. The summed E-state index contributed by atoms with van der Waals surface area (Å²) < 4.78 is 23.2. The van der Waals surface area contributed by atoms with E-state index >= 15 is 0 Å². The molecule has 9 heteroatoms. The highest BCUT2D eigenvalue weighted by Gasteiger charge is 2.19. The molecule has 31 heavy (non-hydrogen) atoms. The number of rotatable bonds is 8. The average molecular weight is 446 g/mol. The van der Waals surface area contributed by atoms with Crippen molar-refractivity contribution in [3.8, 4) is 0 Å². The summed E-state index contributed by atoms with van der Waals surface area (Å²) in [5.74, 6) is 0.374. The van der Waals surface area contributed by atoms with Gasteiger partial charge in [0.15, 0.2) is 9.84 Å². The first-order valence-electron chi connectivity index (χ1n) is 10.4. The van der Waals surface area contributed by atoms with Gasteiger partial charge in [0.2, 0.25) is 0 Å². The monoisotopic (exact) mass is 445 g/mol. The number of benzene rings is 2. The van der Waals surface area contributed by atoms with E-state index in [0.29, 0.717) is 11.5 Å². The van der Waals surface area contributed by atoms with Gasteiger partial charge in [-0.3, -0.25) is 14.9 Å². The highest BCUT2D eigenvalue weighted by molar-refractivity contribution is 7.90. The van der Waals surface area contributed by atoms with Crippen molar-refractivity contribution in [1.82, 2.24) is 5.32 Å². The molecule has 1 fully saturated rings. The van der Waals surface area contributed by atoms with Gasteiger partial charge in [-0.05, 0) is 48.6 Å². The van der Waals surface area contributed by atoms with Crippen LogP contribution in [0.25, 0.3) is 0 Å². The van der Waals surface area contributed by atoms with Gasteiger partial charge in [0.05, 0.1) is 9.82 Å². The van der Waals surface area contributed by atoms with E-state index < -0.39 is 14.8 Å². The highest BCUT2D eigenvalue weighted by Crippen LogP contribution is 2.32. The van der Waals surface area contributed by atoms with Gasteiger partial charge in [0, 0.05) is 31.0 Å². The van der Waals surface area contributed by atoms with Crippen LogP contribution in [0.15, 0.2) is 47.4 Å². The maximum absolute atomic E-state index is 12.4. The zero-order valence-corrected chi connectivity index (χ0v) is 18.3. The Labute approximate surface area is 182 Å². The number of hydrogen-bond acceptors (Lipinski definition) is 6. The summed E-state index contributed by atoms with van der Waals surface area (Å²) in [6, 6.07) is 11.4. The Kier molecular flexibility index (Phi) is 7.27. The van der Waals surface area contributed by atoms with E-state index in [-0.39, 0.29) is 35.3 Å². The molecule has 166 valence electrons. The van der Waals surface area contributed by atoms with Crippen LogP contribution in [0.1, 0.15) is 53.9 Å². The molecule has 1 saturated carbocycles. The molecule has 0 heterocycles. The number of hydrogen-bond donors (Lipinski definition) is 2. The van der Waals surface area contributed by atoms with Gasteiger partial charge in [-0.2, -0.15) is 0 Å². The predicted octanol–water partition coefficient (Wildman–Crippen LogP) is 3.89. The molecule has 0 saturated heterocycles. The lowest BCUT2D eigenvalue weighted by Crippen LogP contribution is -2.28. The lowest BCUT2D eigenvalue weighted by Gasteiger charge is -2.22. The molecule has 0 aliphatic heterocycles. The van der Waals surface area contributed by atoms with E-state index in [1.54, 1.807) is 0 Å². The minimum absolute atomic E-state index is 0.116. The Balaban J connectivity index is 1.53. The molecule has 0 atom stereocenters. The zero-order chi connectivity index (χ0) is 22.4. The maximum atomic E-state index is 12.4. The molecule has 3 rings (SSSR count). The van der Waals surface area contributed by atoms with Gasteiger partial charge in [-0.15, -0.1) is 0 Å². The van der Waals surface area contributed by atoms with E-state index in [0.717, 1.165) is 12.3 Å². The average Bonchev–Trinajstić information content (AvgIpc) is 2.76. The summed E-state index contributed by atoms with van der Waals surface area (Å²) >= 11 is 0. The first kappa shape index (κ1) is 22.7. The van der Waals surface area contributed by atoms with Crippen LogP contribution in [0, 0.1) is 10.1 Å². The number of anilines is 1. The second-order valence-corrected chi connectivity index (χ2v) is 9.86. The number of nitrogens with one attached hydrogen (secondary N) is 2. The van der Waals surface area contributed by atoms with Crippen molar-refractivity contribution in [2.45, 2.75) is 42.9 Å². The number of carbonyl (C=O) groups excluding carboxylic acids is 1. The smallest absolute Gasteiger partial charge is 0.293 e. The Hall–Kier alpha value is -2.94. The lowest BCUT2D eigenvalue weighted by atomic mass is 9.84. The minimum atomic E-state index is -3.54. The van der Waals surface area contributed by atoms with Crippen LogP contribution >= 0.6 is 0 Å². The van der Waals surface area contributed by atoms with Gasteiger partial charge in [0.1, 0.15) is 5.69 Å². The van der Waals surface area contributed by atoms with Crippen molar-refractivity contribution < 1.29 is 18.1 Å². The normalized spacial score (nSPS) is 14.7. The molecule has 1 aliphatic rings. The number of amides is 1. The Morgan fingerprint density at radius 2 is 1.74 bits per heavy atom. The number of carbonyl (C=O) groups is 1. The second kappa shape index (κ2) is 9.91. The van der Waals surface area contributed by atoms with E-state index in [9.17, 15) is 23.3 Å². The van der Waals surface area contributed by atoms with Crippen LogP contribution in [-0.4, -0.2) is 38.6 Å². The maximum Gasteiger partial charge on any atom is 0.293 e. The molecule has 8 nitrogen and oxygen atoms in total. The van der Waals surface area contributed by atoms with Gasteiger partial charge in [0.25, 0.3) is 11.6 Å². The van der Waals surface area contributed by atoms with E-state index in [4.69, 9.17) is 0 Å². The topological polar surface area (TPSA) is 118 Å². The molecular formula is C22H27N3O5S. The van der Waals surface area contributed by atoms with Crippen molar-refractivity contribution in [1.29, 1.82) is 0 Å². The molecule has 2 N–H and O–H groups in total. The van der Waals surface area contributed by atoms with Gasteiger partial charge in [-0.25, -0.2) is 8.42 Å². The lowest BCUT2D eigenvalue weighted by molar-refractivity contribution is -0.384. The van der Waals surface area contributed by atoms with Gasteiger partial charge in [-0.1, -0.05) is 31.4 Å². The standard InChI is InChI=1S/C22H27N3O5S/c1-31(29,30)19-11-12-20(21(15-19)25(27)28)23-13-14-24-22(26)18-9-7-17(8-10-18)16-5-3-2-4-6-16/h7-12,15-16,23H,2-6,13-14H2,1H3,(H,24,26). The minimum Gasteiger partial charge on any atom is -0.378 e. The summed E-state index contributed by atoms with van der Waals surface area (Å²) in [6.45, 7) is 0.513. The van der Waals surface area contributed by atoms with Crippen molar-refractivity contribution in [2.75, 3.05) is 24.7 Å². The highest BCUT2D eigenvalue weighted by atomic mass is 32.2. The van der Waals surface area contributed by atoms with E-state index in [1.165, 1.54) is 49.8 Å². The molecule has 2 aromatic rings. The van der Waals surface area contributed by atoms with Crippen LogP contribution in [0.5, 0.6) is 0 Å². The summed E-state index contributed by atoms with van der Waals surface area (Å²) in [7, 11) is -3.54. The van der Waals surface area contributed by atoms with Gasteiger partial charge < -0.3 is 10.6 Å². The third kappa shape index (κ3) is 6.04. The van der Waals surface area contributed by atoms with E-state index in [2.05, 4.69) is 10.6 Å². The SMILES string of the molecule is CS(=O)(=O)c1ccc(NCCNC(=O)c2ccc(C3CCCCC3)cc2)c([N+](=O)[O-])c1. The predicted molar refractivity (Wildman–Crippen MR) is 119 cm³/mol. The third-order valence-corrected chi connectivity index (χ3v) is 6.68. The fourth-order valence-corrected chi connectivity index (χ4v) is 4.50. The van der Waals surface area contributed by atoms with Crippen molar-refractivity contribution in [3.05, 3.63) is 63.7 Å². The van der Waals surface area contributed by atoms with Crippen LogP contribution in [0.3, 0.4) is 0 Å².